The number of halogens is 1. The van der Waals surface area contributed by atoms with Gasteiger partial charge in [-0.15, -0.1) is 11.3 Å². The summed E-state index contributed by atoms with van der Waals surface area (Å²) in [5.41, 5.74) is 0.757. The quantitative estimate of drug-likeness (QED) is 0.440. The first-order chi connectivity index (χ1) is 13.7. The van der Waals surface area contributed by atoms with E-state index in [2.05, 4.69) is 21.4 Å². The van der Waals surface area contributed by atoms with Gasteiger partial charge in [0.2, 0.25) is 5.91 Å². The van der Waals surface area contributed by atoms with Crippen molar-refractivity contribution in [2.45, 2.75) is 43.5 Å². The summed E-state index contributed by atoms with van der Waals surface area (Å²) in [5.74, 6) is -0.513. The van der Waals surface area contributed by atoms with Crippen molar-refractivity contribution in [1.82, 2.24) is 15.3 Å². The van der Waals surface area contributed by atoms with Gasteiger partial charge < -0.3 is 5.32 Å². The molecule has 0 radical (unpaired) electrons. The van der Waals surface area contributed by atoms with Gasteiger partial charge >= 0.3 is 0 Å². The molecule has 0 saturated carbocycles. The minimum absolute atomic E-state index is 0.0185. The van der Waals surface area contributed by atoms with Gasteiger partial charge in [-0.1, -0.05) is 37.7 Å². The number of benzene rings is 1. The Morgan fingerprint density at radius 3 is 2.59 bits per heavy atom. The molecular weight excluding hydrogens is 407 g/mol. The van der Waals surface area contributed by atoms with Gasteiger partial charge in [-0.25, -0.2) is 14.4 Å². The fraction of sp³-hybridized carbons (Fsp3) is 0.333. The Morgan fingerprint density at radius 2 is 1.97 bits per heavy atom. The van der Waals surface area contributed by atoms with E-state index >= 15 is 0 Å². The zero-order valence-corrected chi connectivity index (χ0v) is 18.2. The molecule has 3 rings (SSSR count). The van der Waals surface area contributed by atoms with E-state index in [9.17, 15) is 14.4 Å². The summed E-state index contributed by atoms with van der Waals surface area (Å²) in [4.78, 5) is 22.3. The van der Waals surface area contributed by atoms with Gasteiger partial charge in [-0.2, -0.15) is 5.26 Å². The maximum atomic E-state index is 13.2. The van der Waals surface area contributed by atoms with Crippen molar-refractivity contribution in [2.75, 3.05) is 0 Å². The lowest BCUT2D eigenvalue weighted by molar-refractivity contribution is -0.121. The number of carbonyl (C=O) groups is 1. The third kappa shape index (κ3) is 4.57. The van der Waals surface area contributed by atoms with Crippen LogP contribution in [0.1, 0.15) is 27.7 Å². The maximum Gasteiger partial charge on any atom is 0.234 e. The number of hydrogen-bond donors (Lipinski definition) is 1. The number of nitriles is 1. The number of amides is 1. The van der Waals surface area contributed by atoms with E-state index in [0.29, 0.717) is 5.03 Å². The van der Waals surface area contributed by atoms with Crippen molar-refractivity contribution in [3.05, 3.63) is 42.5 Å². The van der Waals surface area contributed by atoms with Gasteiger partial charge in [-0.05, 0) is 43.5 Å². The van der Waals surface area contributed by atoms with Crippen molar-refractivity contribution in [3.63, 3.8) is 0 Å². The highest BCUT2D eigenvalue weighted by Crippen LogP contribution is 2.38. The fourth-order valence-electron chi connectivity index (χ4n) is 2.55. The lowest BCUT2D eigenvalue weighted by Gasteiger charge is -2.28. The van der Waals surface area contributed by atoms with Crippen LogP contribution in [0.4, 0.5) is 4.39 Å². The molecule has 2 atom stereocenters. The largest absolute Gasteiger partial charge is 0.337 e. The molecule has 29 heavy (non-hydrogen) atoms. The second-order valence-corrected chi connectivity index (χ2v) is 9.61. The van der Waals surface area contributed by atoms with Crippen LogP contribution < -0.4 is 5.32 Å². The minimum Gasteiger partial charge on any atom is -0.337 e. The number of nitrogens with one attached hydrogen (secondary N) is 1. The molecule has 0 aliphatic rings. The molecule has 8 heteroatoms. The van der Waals surface area contributed by atoms with E-state index in [1.165, 1.54) is 41.6 Å². The van der Waals surface area contributed by atoms with Crippen molar-refractivity contribution < 1.29 is 9.18 Å². The molecule has 2 heterocycles. The number of aromatic nitrogens is 2. The van der Waals surface area contributed by atoms with Gasteiger partial charge in [0.05, 0.1) is 21.5 Å². The molecule has 2 aromatic heterocycles. The molecule has 0 aliphatic heterocycles. The molecule has 5 nitrogen and oxygen atoms in total. The molecule has 0 fully saturated rings. The van der Waals surface area contributed by atoms with E-state index < -0.39 is 10.8 Å². The first-order valence-electron chi connectivity index (χ1n) is 9.14. The fourth-order valence-corrected chi connectivity index (χ4v) is 4.64. The average molecular weight is 429 g/mol. The summed E-state index contributed by atoms with van der Waals surface area (Å²) in [7, 11) is 0. The number of rotatable bonds is 6. The third-order valence-corrected chi connectivity index (χ3v) is 7.24. The lowest BCUT2D eigenvalue weighted by Crippen LogP contribution is -2.51. The summed E-state index contributed by atoms with van der Waals surface area (Å²) in [6.07, 6.45) is 1.48. The van der Waals surface area contributed by atoms with Crippen LogP contribution in [-0.2, 0) is 4.79 Å². The molecule has 0 aliphatic carbocycles. The van der Waals surface area contributed by atoms with E-state index in [0.717, 1.165) is 20.7 Å². The molecular formula is C21H21FN4OS2. The van der Waals surface area contributed by atoms with Gasteiger partial charge in [0.1, 0.15) is 22.7 Å². The molecule has 1 amide bonds. The summed E-state index contributed by atoms with van der Waals surface area (Å²) in [5, 5.41) is 12.6. The number of nitrogens with zero attached hydrogens (tertiary/aromatic N) is 3. The summed E-state index contributed by atoms with van der Waals surface area (Å²) in [6, 6.07) is 10.4. The maximum absolute atomic E-state index is 13.2. The van der Waals surface area contributed by atoms with Crippen LogP contribution in [0.3, 0.4) is 0 Å². The standard InChI is InChI=1S/C21H21FN4OS2/c1-12(2)21(4,10-23)26-19(27)13(3)28-20-18-16(24-11-25-20)9-17(29-18)14-5-7-15(22)8-6-14/h5-9,11-13H,1-4H3,(H,26,27). The molecule has 3 aromatic rings. The third-order valence-electron chi connectivity index (χ3n) is 4.83. The number of thioether (sulfide) groups is 1. The Labute approximate surface area is 177 Å². The molecule has 0 spiro atoms. The first kappa shape index (κ1) is 21.2. The van der Waals surface area contributed by atoms with Crippen LogP contribution in [0.15, 0.2) is 41.7 Å². The smallest absolute Gasteiger partial charge is 0.234 e. The first-order valence-corrected chi connectivity index (χ1v) is 10.8. The van der Waals surface area contributed by atoms with Crippen LogP contribution in [0.25, 0.3) is 20.7 Å². The van der Waals surface area contributed by atoms with Gasteiger partial charge in [0.15, 0.2) is 0 Å². The molecule has 1 aromatic carbocycles. The number of thiophene rings is 1. The molecule has 0 saturated heterocycles. The van der Waals surface area contributed by atoms with Crippen molar-refractivity contribution in [1.29, 1.82) is 5.26 Å². The van der Waals surface area contributed by atoms with Crippen molar-refractivity contribution in [2.24, 2.45) is 5.92 Å². The second kappa shape index (κ2) is 8.47. The lowest BCUT2D eigenvalue weighted by atomic mass is 9.90. The highest BCUT2D eigenvalue weighted by Gasteiger charge is 2.32. The Morgan fingerprint density at radius 1 is 1.28 bits per heavy atom. The molecule has 1 N–H and O–H groups in total. The topological polar surface area (TPSA) is 78.7 Å². The normalized spacial score (nSPS) is 14.4. The second-order valence-electron chi connectivity index (χ2n) is 7.23. The Balaban J connectivity index is 1.84. The van der Waals surface area contributed by atoms with Gasteiger partial charge in [0, 0.05) is 4.88 Å². The average Bonchev–Trinajstić information content (AvgIpc) is 3.13. The SMILES string of the molecule is CC(Sc1ncnc2cc(-c3ccc(F)cc3)sc12)C(=O)NC(C)(C#N)C(C)C. The Bertz CT molecular complexity index is 1070. The Kier molecular flexibility index (Phi) is 6.20. The van der Waals surface area contributed by atoms with E-state index in [1.54, 1.807) is 26.0 Å². The van der Waals surface area contributed by atoms with Crippen LogP contribution in [0, 0.1) is 23.1 Å². The van der Waals surface area contributed by atoms with Crippen LogP contribution in [0.2, 0.25) is 0 Å². The summed E-state index contributed by atoms with van der Waals surface area (Å²) >= 11 is 2.84. The Hall–Kier alpha value is -2.50. The highest BCUT2D eigenvalue weighted by molar-refractivity contribution is 8.00. The number of hydrogen-bond acceptors (Lipinski definition) is 6. The summed E-state index contributed by atoms with van der Waals surface area (Å²) < 4.78 is 14.1. The molecule has 0 bridgehead atoms. The highest BCUT2D eigenvalue weighted by atomic mass is 32.2. The zero-order valence-electron chi connectivity index (χ0n) is 16.6. The zero-order chi connectivity index (χ0) is 21.2. The van der Waals surface area contributed by atoms with Crippen molar-refractivity contribution in [3.8, 4) is 16.5 Å². The van der Waals surface area contributed by atoms with E-state index in [-0.39, 0.29) is 17.6 Å². The van der Waals surface area contributed by atoms with Crippen LogP contribution in [0.5, 0.6) is 0 Å². The van der Waals surface area contributed by atoms with E-state index in [1.807, 2.05) is 19.9 Å². The number of carbonyl (C=O) groups excluding carboxylic acids is 1. The predicted molar refractivity (Wildman–Crippen MR) is 115 cm³/mol. The van der Waals surface area contributed by atoms with Crippen LogP contribution >= 0.6 is 23.1 Å². The number of fused-ring (bicyclic) bond motifs is 1. The molecule has 150 valence electrons. The predicted octanol–water partition coefficient (Wildman–Crippen LogP) is 5.03. The van der Waals surface area contributed by atoms with Gasteiger partial charge in [-0.3, -0.25) is 4.79 Å². The van der Waals surface area contributed by atoms with Gasteiger partial charge in [0.25, 0.3) is 0 Å². The minimum atomic E-state index is -0.925. The monoisotopic (exact) mass is 428 g/mol. The van der Waals surface area contributed by atoms with E-state index in [4.69, 9.17) is 0 Å². The van der Waals surface area contributed by atoms with Crippen molar-refractivity contribution >= 4 is 39.2 Å². The van der Waals surface area contributed by atoms with Crippen LogP contribution in [-0.4, -0.2) is 26.7 Å². The summed E-state index contributed by atoms with van der Waals surface area (Å²) in [6.45, 7) is 7.32. The molecule has 2 unspecified atom stereocenters.